The molecule has 6 aromatic heterocycles. The van der Waals surface area contributed by atoms with Crippen LogP contribution in [0.25, 0.3) is 57.6 Å². The SMILES string of the molecule is CCCCCCc1ccc(/C=C/c2cc(-c3cc(C(F)(F)F)n[n-]3)nc(-c3[c-]cc(F)cc3F)c2)s1.O=C(O)c1ccnc(-c2cc(C(=O)O)cc(-c3cc(C(=O)O)ccn3)n2)c1.[Ru+2]. The molecule has 0 saturated carbocycles. The van der Waals surface area contributed by atoms with E-state index in [1.165, 1.54) is 72.9 Å². The topological polar surface area (TPSA) is 190 Å². The fourth-order valence-corrected chi connectivity index (χ4v) is 6.91. The van der Waals surface area contributed by atoms with Crippen molar-refractivity contribution < 1.29 is 71.1 Å². The third kappa shape index (κ3) is 12.6. The Kier molecular flexibility index (Phi) is 16.2. The van der Waals surface area contributed by atoms with Gasteiger partial charge in [-0.25, -0.2) is 19.4 Å². The van der Waals surface area contributed by atoms with Gasteiger partial charge in [-0.15, -0.1) is 23.5 Å². The average Bonchev–Trinajstić information content (AvgIpc) is 3.96. The number of thiophene rings is 1. The van der Waals surface area contributed by atoms with Gasteiger partial charge < -0.3 is 25.5 Å². The Morgan fingerprint density at radius 1 is 0.719 bits per heavy atom. The zero-order chi connectivity index (χ0) is 45.3. The van der Waals surface area contributed by atoms with Gasteiger partial charge in [-0.2, -0.15) is 13.2 Å². The Morgan fingerprint density at radius 3 is 1.88 bits per heavy atom. The molecular weight excluding hydrogens is 949 g/mol. The number of aromatic carboxylic acids is 3. The summed E-state index contributed by atoms with van der Waals surface area (Å²) in [5.41, 5.74) is -0.258. The molecule has 0 aliphatic heterocycles. The molecule has 0 bridgehead atoms. The van der Waals surface area contributed by atoms with Gasteiger partial charge in [0.2, 0.25) is 0 Å². The minimum Gasteiger partial charge on any atom is -0.573 e. The number of aryl methyl sites for hydroxylation is 1. The van der Waals surface area contributed by atoms with Crippen LogP contribution in [0.1, 0.15) is 84.7 Å². The third-order valence-electron chi connectivity index (χ3n) is 9.06. The molecule has 0 saturated heterocycles. The molecule has 12 nitrogen and oxygen atoms in total. The number of benzene rings is 1. The van der Waals surface area contributed by atoms with Crippen LogP contribution in [0.3, 0.4) is 0 Å². The van der Waals surface area contributed by atoms with Crippen molar-refractivity contribution in [2.45, 2.75) is 45.2 Å². The van der Waals surface area contributed by atoms with E-state index in [4.69, 9.17) is 10.2 Å². The molecule has 64 heavy (non-hydrogen) atoms. The summed E-state index contributed by atoms with van der Waals surface area (Å²) in [6, 6.07) is 19.8. The molecule has 19 heteroatoms. The average molecular weight is 982 g/mol. The molecule has 0 aliphatic rings. The van der Waals surface area contributed by atoms with E-state index in [2.05, 4.69) is 49.2 Å². The molecule has 7 aromatic rings. The monoisotopic (exact) mass is 982 g/mol. The number of alkyl halides is 3. The van der Waals surface area contributed by atoms with Crippen LogP contribution < -0.4 is 5.10 Å². The second-order valence-corrected chi connectivity index (χ2v) is 14.9. The number of halogens is 5. The van der Waals surface area contributed by atoms with Gasteiger partial charge >= 0.3 is 43.6 Å². The van der Waals surface area contributed by atoms with Crippen molar-refractivity contribution in [3.05, 3.63) is 147 Å². The Morgan fingerprint density at radius 2 is 1.31 bits per heavy atom. The van der Waals surface area contributed by atoms with Gasteiger partial charge in [0, 0.05) is 39.5 Å². The summed E-state index contributed by atoms with van der Waals surface area (Å²) in [6.45, 7) is 2.17. The van der Waals surface area contributed by atoms with E-state index < -0.39 is 41.4 Å². The maximum absolute atomic E-state index is 14.5. The van der Waals surface area contributed by atoms with Crippen molar-refractivity contribution in [3.63, 3.8) is 0 Å². The Bertz CT molecular complexity index is 2760. The Labute approximate surface area is 378 Å². The maximum atomic E-state index is 14.5. The van der Waals surface area contributed by atoms with Gasteiger partial charge in [0.25, 0.3) is 0 Å². The van der Waals surface area contributed by atoms with Crippen molar-refractivity contribution >= 4 is 41.4 Å². The van der Waals surface area contributed by atoms with Crippen LogP contribution >= 0.6 is 11.3 Å². The van der Waals surface area contributed by atoms with Gasteiger partial charge in [0.05, 0.1) is 39.5 Å². The summed E-state index contributed by atoms with van der Waals surface area (Å²) in [5.74, 6) is -5.24. The zero-order valence-corrected chi connectivity index (χ0v) is 35.8. The van der Waals surface area contributed by atoms with Crippen molar-refractivity contribution in [3.8, 4) is 45.4 Å². The van der Waals surface area contributed by atoms with Crippen LogP contribution in [0.15, 0.2) is 91.3 Å². The minimum absolute atomic E-state index is 0. The first-order valence-corrected chi connectivity index (χ1v) is 19.8. The molecule has 6 heterocycles. The number of rotatable bonds is 14. The zero-order valence-electron chi connectivity index (χ0n) is 33.3. The molecule has 0 aliphatic carbocycles. The van der Waals surface area contributed by atoms with Crippen LogP contribution in [0.4, 0.5) is 22.0 Å². The Balaban J connectivity index is 0.000000247. The number of pyridine rings is 4. The quantitative estimate of drug-likeness (QED) is 0.0405. The molecule has 0 spiro atoms. The van der Waals surface area contributed by atoms with Gasteiger partial charge in [-0.05, 0) is 90.8 Å². The number of unbranched alkanes of at least 4 members (excludes halogenated alkanes) is 3. The number of nitrogens with zero attached hydrogens (tertiary/aromatic N) is 6. The number of hydrogen-bond donors (Lipinski definition) is 3. The summed E-state index contributed by atoms with van der Waals surface area (Å²) in [6.07, 6.45) is 7.28. The number of carbonyl (C=O) groups is 3. The van der Waals surface area contributed by atoms with E-state index in [0.29, 0.717) is 11.6 Å². The predicted molar refractivity (Wildman–Crippen MR) is 223 cm³/mol. The molecule has 328 valence electrons. The second-order valence-electron chi connectivity index (χ2n) is 13.7. The molecule has 1 aromatic carbocycles. The maximum Gasteiger partial charge on any atom is 2.00 e. The minimum atomic E-state index is -4.66. The van der Waals surface area contributed by atoms with Gasteiger partial charge in [0.15, 0.2) is 0 Å². The van der Waals surface area contributed by atoms with Gasteiger partial charge in [-0.1, -0.05) is 55.7 Å². The first kappa shape index (κ1) is 48.2. The number of carboxylic acid groups (broad SMARTS) is 3. The fraction of sp³-hybridized carbons (Fsp3) is 0.156. The van der Waals surface area contributed by atoms with Crippen LogP contribution in [0.2, 0.25) is 0 Å². The summed E-state index contributed by atoms with van der Waals surface area (Å²) < 4.78 is 67.0. The molecule has 3 N–H and O–H groups in total. The number of aromatic nitrogens is 6. The summed E-state index contributed by atoms with van der Waals surface area (Å²) in [7, 11) is 0. The smallest absolute Gasteiger partial charge is 0.573 e. The molecule has 7 rings (SSSR count). The molecule has 0 atom stereocenters. The van der Waals surface area contributed by atoms with E-state index in [-0.39, 0.29) is 81.6 Å². The first-order valence-electron chi connectivity index (χ1n) is 19.0. The van der Waals surface area contributed by atoms with E-state index >= 15 is 0 Å². The molecular formula is C45H33F5N6O6RuS. The predicted octanol–water partition coefficient (Wildman–Crippen LogP) is 10.5. The summed E-state index contributed by atoms with van der Waals surface area (Å²) in [5, 5.41) is 34.4. The van der Waals surface area contributed by atoms with Crippen LogP contribution in [0, 0.1) is 17.7 Å². The van der Waals surface area contributed by atoms with Crippen LogP contribution in [-0.2, 0) is 32.1 Å². The van der Waals surface area contributed by atoms with E-state index in [9.17, 15) is 41.4 Å². The fourth-order valence-electron chi connectivity index (χ4n) is 5.95. The van der Waals surface area contributed by atoms with E-state index in [1.807, 2.05) is 12.1 Å². The summed E-state index contributed by atoms with van der Waals surface area (Å²) in [4.78, 5) is 52.7. The largest absolute Gasteiger partial charge is 2.00 e. The van der Waals surface area contributed by atoms with E-state index in [0.717, 1.165) is 29.9 Å². The van der Waals surface area contributed by atoms with Crippen molar-refractivity contribution in [1.29, 1.82) is 0 Å². The first-order chi connectivity index (χ1) is 30.1. The molecule has 0 fully saturated rings. The van der Waals surface area contributed by atoms with Crippen LogP contribution in [-0.4, -0.2) is 58.3 Å². The standard InChI is InChI=1S/C27H22F5N3S.C18H11N3O6.Ru/c1-2-3-4-5-6-19-10-11-20(36-19)9-7-17-13-23(21-12-8-18(28)15-22(21)29)33-24(14-17)25-16-26(35-34-25)27(30,31)32;22-16(23)9-1-3-19-12(5-9)14-7-11(18(26)27)8-15(21-14)13-6-10(17(24)25)2-4-20-13;/h7-11,13-16H,2-6H2,1H3;1-8H,(H,22,23)(H,24,25)(H,26,27);/q-2;;+2/b9-7+;;. The van der Waals surface area contributed by atoms with Crippen molar-refractivity contribution in [2.24, 2.45) is 0 Å². The molecule has 0 amide bonds. The van der Waals surface area contributed by atoms with Gasteiger partial charge in [0.1, 0.15) is 5.69 Å². The second kappa shape index (κ2) is 21.5. The van der Waals surface area contributed by atoms with E-state index in [1.54, 1.807) is 29.5 Å². The molecule has 0 radical (unpaired) electrons. The number of carboxylic acids is 3. The molecule has 0 unspecified atom stereocenters. The Hall–Kier alpha value is -6.85. The third-order valence-corrected chi connectivity index (χ3v) is 10.2. The summed E-state index contributed by atoms with van der Waals surface area (Å²) >= 11 is 1.66. The van der Waals surface area contributed by atoms with Crippen molar-refractivity contribution in [2.75, 3.05) is 0 Å². The number of hydrogen-bond acceptors (Lipinski definition) is 9. The normalized spacial score (nSPS) is 11.2. The van der Waals surface area contributed by atoms with Gasteiger partial charge in [-0.3, -0.25) is 23.7 Å². The van der Waals surface area contributed by atoms with Crippen LogP contribution in [0.5, 0.6) is 0 Å². The van der Waals surface area contributed by atoms with Crippen molar-refractivity contribution in [1.82, 2.24) is 30.1 Å².